The molecular formula is C21H29N3O3S. The van der Waals surface area contributed by atoms with Crippen molar-refractivity contribution in [3.8, 4) is 5.75 Å². The summed E-state index contributed by atoms with van der Waals surface area (Å²) < 4.78 is 33.8. The SMILES string of the molecule is CCCOc1ccc(S(=O)(=O)NCC2CCN(c3cccnc3)CC2)cc1C. The summed E-state index contributed by atoms with van der Waals surface area (Å²) >= 11 is 0. The van der Waals surface area contributed by atoms with Crippen molar-refractivity contribution in [2.45, 2.75) is 38.0 Å². The number of hydrogen-bond donors (Lipinski definition) is 1. The van der Waals surface area contributed by atoms with Gasteiger partial charge in [0.25, 0.3) is 0 Å². The number of nitrogens with one attached hydrogen (secondary N) is 1. The molecule has 0 bridgehead atoms. The van der Waals surface area contributed by atoms with Crippen molar-refractivity contribution < 1.29 is 13.2 Å². The molecule has 1 aliphatic rings. The number of pyridine rings is 1. The van der Waals surface area contributed by atoms with Crippen LogP contribution in [0.1, 0.15) is 31.7 Å². The Hall–Kier alpha value is -2.12. The molecule has 1 aromatic heterocycles. The summed E-state index contributed by atoms with van der Waals surface area (Å²) in [6.07, 6.45) is 6.48. The van der Waals surface area contributed by atoms with Gasteiger partial charge in [0, 0.05) is 25.8 Å². The highest BCUT2D eigenvalue weighted by atomic mass is 32.2. The molecule has 0 spiro atoms. The number of rotatable bonds is 8. The fourth-order valence-electron chi connectivity index (χ4n) is 3.41. The third-order valence-corrected chi connectivity index (χ3v) is 6.53. The molecular weight excluding hydrogens is 374 g/mol. The third kappa shape index (κ3) is 5.23. The predicted octanol–water partition coefficient (Wildman–Crippen LogP) is 3.37. The van der Waals surface area contributed by atoms with Crippen LogP contribution in [0.4, 0.5) is 5.69 Å². The quantitative estimate of drug-likeness (QED) is 0.732. The Balaban J connectivity index is 1.53. The maximum Gasteiger partial charge on any atom is 0.240 e. The van der Waals surface area contributed by atoms with Gasteiger partial charge in [0.05, 0.1) is 23.4 Å². The van der Waals surface area contributed by atoms with Gasteiger partial charge in [-0.2, -0.15) is 0 Å². The van der Waals surface area contributed by atoms with Crippen molar-refractivity contribution in [1.82, 2.24) is 9.71 Å². The number of piperidine rings is 1. The first-order valence-electron chi connectivity index (χ1n) is 9.87. The van der Waals surface area contributed by atoms with Crippen LogP contribution in [0.25, 0.3) is 0 Å². The zero-order valence-corrected chi connectivity index (χ0v) is 17.4. The van der Waals surface area contributed by atoms with E-state index in [1.807, 2.05) is 26.1 Å². The van der Waals surface area contributed by atoms with Crippen molar-refractivity contribution in [2.24, 2.45) is 5.92 Å². The van der Waals surface area contributed by atoms with E-state index in [2.05, 4.69) is 20.7 Å². The standard InChI is InChI=1S/C21H29N3O3S/c1-3-13-27-21-7-6-20(14-17(21)2)28(25,26)23-15-18-8-11-24(12-9-18)19-5-4-10-22-16-19/h4-7,10,14,16,18,23H,3,8-9,11-13,15H2,1-2H3. The minimum Gasteiger partial charge on any atom is -0.493 e. The van der Waals surface area contributed by atoms with Crippen LogP contribution in [0.5, 0.6) is 5.75 Å². The molecule has 7 heteroatoms. The highest BCUT2D eigenvalue weighted by Gasteiger charge is 2.22. The lowest BCUT2D eigenvalue weighted by Crippen LogP contribution is -2.38. The summed E-state index contributed by atoms with van der Waals surface area (Å²) in [7, 11) is -3.51. The van der Waals surface area contributed by atoms with Gasteiger partial charge >= 0.3 is 0 Å². The molecule has 1 fully saturated rings. The minimum atomic E-state index is -3.51. The van der Waals surface area contributed by atoms with Crippen molar-refractivity contribution in [3.05, 3.63) is 48.3 Å². The Kier molecular flexibility index (Phi) is 6.91. The lowest BCUT2D eigenvalue weighted by molar-refractivity contribution is 0.315. The Bertz CT molecular complexity index is 864. The number of ether oxygens (including phenoxy) is 1. The first-order valence-corrected chi connectivity index (χ1v) is 11.4. The monoisotopic (exact) mass is 403 g/mol. The second-order valence-electron chi connectivity index (χ2n) is 7.27. The van der Waals surface area contributed by atoms with Crippen molar-refractivity contribution in [3.63, 3.8) is 0 Å². The van der Waals surface area contributed by atoms with Crippen LogP contribution in [-0.2, 0) is 10.0 Å². The fraction of sp³-hybridized carbons (Fsp3) is 0.476. The Morgan fingerprint density at radius 3 is 2.68 bits per heavy atom. The Morgan fingerprint density at radius 2 is 2.04 bits per heavy atom. The van der Waals surface area contributed by atoms with Gasteiger partial charge in [-0.15, -0.1) is 0 Å². The number of anilines is 1. The molecule has 1 N–H and O–H groups in total. The number of aryl methyl sites for hydroxylation is 1. The van der Waals surface area contributed by atoms with Crippen LogP contribution in [0.2, 0.25) is 0 Å². The molecule has 0 unspecified atom stereocenters. The van der Waals surface area contributed by atoms with Crippen molar-refractivity contribution >= 4 is 15.7 Å². The summed E-state index contributed by atoms with van der Waals surface area (Å²) in [5.41, 5.74) is 1.96. The Labute approximate surface area is 168 Å². The summed E-state index contributed by atoms with van der Waals surface area (Å²) in [4.78, 5) is 6.76. The maximum absolute atomic E-state index is 12.7. The zero-order chi connectivity index (χ0) is 20.0. The fourth-order valence-corrected chi connectivity index (χ4v) is 4.61. The van der Waals surface area contributed by atoms with Gasteiger partial charge in [-0.3, -0.25) is 4.98 Å². The van der Waals surface area contributed by atoms with E-state index in [1.165, 1.54) is 0 Å². The molecule has 0 aliphatic carbocycles. The van der Waals surface area contributed by atoms with Gasteiger partial charge in [0.2, 0.25) is 10.0 Å². The number of benzene rings is 1. The summed E-state index contributed by atoms with van der Waals surface area (Å²) in [5.74, 6) is 1.08. The van der Waals surface area contributed by atoms with Gasteiger partial charge in [0.15, 0.2) is 0 Å². The molecule has 0 amide bonds. The normalized spacial score (nSPS) is 15.6. The molecule has 3 rings (SSSR count). The molecule has 2 heterocycles. The molecule has 1 saturated heterocycles. The van der Waals surface area contributed by atoms with Gasteiger partial charge in [0.1, 0.15) is 5.75 Å². The average Bonchev–Trinajstić information content (AvgIpc) is 2.72. The van der Waals surface area contributed by atoms with Crippen molar-refractivity contribution in [1.29, 1.82) is 0 Å². The van der Waals surface area contributed by atoms with Gasteiger partial charge in [-0.1, -0.05) is 6.92 Å². The first-order chi connectivity index (χ1) is 13.5. The molecule has 0 radical (unpaired) electrons. The van der Waals surface area contributed by atoms with Crippen LogP contribution in [0.15, 0.2) is 47.6 Å². The van der Waals surface area contributed by atoms with Crippen LogP contribution < -0.4 is 14.4 Å². The largest absolute Gasteiger partial charge is 0.493 e. The number of sulfonamides is 1. The van der Waals surface area contributed by atoms with Crippen LogP contribution in [0, 0.1) is 12.8 Å². The highest BCUT2D eigenvalue weighted by Crippen LogP contribution is 2.24. The number of nitrogens with zero attached hydrogens (tertiary/aromatic N) is 2. The van der Waals surface area contributed by atoms with Gasteiger partial charge < -0.3 is 9.64 Å². The van der Waals surface area contributed by atoms with E-state index < -0.39 is 10.0 Å². The van der Waals surface area contributed by atoms with Crippen LogP contribution >= 0.6 is 0 Å². The third-order valence-electron chi connectivity index (χ3n) is 5.11. The molecule has 0 atom stereocenters. The Morgan fingerprint density at radius 1 is 1.25 bits per heavy atom. The molecule has 0 saturated carbocycles. The van der Waals surface area contributed by atoms with Crippen molar-refractivity contribution in [2.75, 3.05) is 31.1 Å². The molecule has 1 aliphatic heterocycles. The van der Waals surface area contributed by atoms with Gasteiger partial charge in [-0.25, -0.2) is 13.1 Å². The highest BCUT2D eigenvalue weighted by molar-refractivity contribution is 7.89. The molecule has 2 aromatic rings. The molecule has 152 valence electrons. The molecule has 1 aromatic carbocycles. The first kappa shape index (κ1) is 20.6. The second-order valence-corrected chi connectivity index (χ2v) is 9.04. The number of hydrogen-bond acceptors (Lipinski definition) is 5. The van der Waals surface area contributed by atoms with Gasteiger partial charge in [-0.05, 0) is 68.0 Å². The zero-order valence-electron chi connectivity index (χ0n) is 16.6. The predicted molar refractivity (Wildman–Crippen MR) is 111 cm³/mol. The van der Waals surface area contributed by atoms with Crippen LogP contribution in [0.3, 0.4) is 0 Å². The van der Waals surface area contributed by atoms with Crippen LogP contribution in [-0.4, -0.2) is 39.6 Å². The van der Waals surface area contributed by atoms with E-state index in [0.717, 1.165) is 49.4 Å². The molecule has 28 heavy (non-hydrogen) atoms. The number of aromatic nitrogens is 1. The van der Waals surface area contributed by atoms with E-state index in [-0.39, 0.29) is 0 Å². The lowest BCUT2D eigenvalue weighted by Gasteiger charge is -2.33. The van der Waals surface area contributed by atoms with E-state index in [1.54, 1.807) is 24.4 Å². The average molecular weight is 404 g/mol. The minimum absolute atomic E-state index is 0.293. The smallest absolute Gasteiger partial charge is 0.240 e. The van der Waals surface area contributed by atoms with E-state index in [4.69, 9.17) is 4.74 Å². The summed E-state index contributed by atoms with van der Waals surface area (Å²) in [6, 6.07) is 9.04. The lowest BCUT2D eigenvalue weighted by atomic mass is 9.97. The van der Waals surface area contributed by atoms with E-state index in [9.17, 15) is 8.42 Å². The topological polar surface area (TPSA) is 71.5 Å². The second kappa shape index (κ2) is 9.39. The summed E-state index contributed by atoms with van der Waals surface area (Å²) in [6.45, 7) is 6.85. The maximum atomic E-state index is 12.7. The summed E-state index contributed by atoms with van der Waals surface area (Å²) in [5, 5.41) is 0. The van der Waals surface area contributed by atoms with E-state index in [0.29, 0.717) is 24.0 Å². The van der Waals surface area contributed by atoms with E-state index >= 15 is 0 Å². The molecule has 6 nitrogen and oxygen atoms in total.